The third-order valence-corrected chi connectivity index (χ3v) is 3.90. The fraction of sp³-hybridized carbons (Fsp3) is 0.857. The van der Waals surface area contributed by atoms with E-state index in [9.17, 15) is 9.59 Å². The number of aliphatic carboxylic acids is 1. The summed E-state index contributed by atoms with van der Waals surface area (Å²) < 4.78 is 0. The SMILES string of the molecule is CCC(C)N(C)CCNC(=O)N(CCC(=O)O)C1CC1. The van der Waals surface area contributed by atoms with Crippen LogP contribution in [0.3, 0.4) is 0 Å². The van der Waals surface area contributed by atoms with Gasteiger partial charge in [0.25, 0.3) is 0 Å². The van der Waals surface area contributed by atoms with E-state index in [1.165, 1.54) is 0 Å². The van der Waals surface area contributed by atoms with Crippen molar-refractivity contribution in [1.82, 2.24) is 15.1 Å². The second kappa shape index (κ2) is 8.09. The van der Waals surface area contributed by atoms with Crippen molar-refractivity contribution in [3.8, 4) is 0 Å². The monoisotopic (exact) mass is 285 g/mol. The summed E-state index contributed by atoms with van der Waals surface area (Å²) in [6.07, 6.45) is 3.06. The van der Waals surface area contributed by atoms with Gasteiger partial charge in [-0.15, -0.1) is 0 Å². The lowest BCUT2D eigenvalue weighted by molar-refractivity contribution is -0.137. The molecule has 20 heavy (non-hydrogen) atoms. The number of rotatable bonds is 9. The first-order valence-corrected chi connectivity index (χ1v) is 7.42. The molecule has 1 fully saturated rings. The van der Waals surface area contributed by atoms with Crippen LogP contribution in [0.25, 0.3) is 0 Å². The van der Waals surface area contributed by atoms with Gasteiger partial charge < -0.3 is 20.2 Å². The minimum Gasteiger partial charge on any atom is -0.481 e. The van der Waals surface area contributed by atoms with Crippen LogP contribution in [0.2, 0.25) is 0 Å². The quantitative estimate of drug-likeness (QED) is 0.671. The van der Waals surface area contributed by atoms with Gasteiger partial charge in [-0.25, -0.2) is 4.79 Å². The molecule has 0 spiro atoms. The number of amides is 2. The van der Waals surface area contributed by atoms with Crippen LogP contribution in [0.4, 0.5) is 4.79 Å². The normalized spacial score (nSPS) is 16.0. The van der Waals surface area contributed by atoms with Crippen molar-refractivity contribution in [2.75, 3.05) is 26.7 Å². The Morgan fingerprint density at radius 1 is 1.35 bits per heavy atom. The first-order chi connectivity index (χ1) is 9.45. The minimum absolute atomic E-state index is 0.0106. The molecule has 0 bridgehead atoms. The summed E-state index contributed by atoms with van der Waals surface area (Å²) in [5, 5.41) is 11.6. The van der Waals surface area contributed by atoms with Crippen LogP contribution in [0.15, 0.2) is 0 Å². The second-order valence-electron chi connectivity index (χ2n) is 5.54. The molecule has 0 aliphatic heterocycles. The van der Waals surface area contributed by atoms with E-state index in [1.807, 2.05) is 7.05 Å². The number of nitrogens with zero attached hydrogens (tertiary/aromatic N) is 2. The molecule has 1 aliphatic rings. The molecular formula is C14H27N3O3. The van der Waals surface area contributed by atoms with Gasteiger partial charge in [0.1, 0.15) is 0 Å². The summed E-state index contributed by atoms with van der Waals surface area (Å²) in [6, 6.07) is 0.603. The lowest BCUT2D eigenvalue weighted by atomic mass is 10.2. The molecule has 2 N–H and O–H groups in total. The molecule has 0 aromatic rings. The fourth-order valence-corrected chi connectivity index (χ4v) is 2.03. The molecule has 0 aromatic carbocycles. The van der Waals surface area contributed by atoms with E-state index in [2.05, 4.69) is 24.1 Å². The van der Waals surface area contributed by atoms with Gasteiger partial charge in [0.15, 0.2) is 0 Å². The van der Waals surface area contributed by atoms with Crippen molar-refractivity contribution in [2.24, 2.45) is 0 Å². The molecular weight excluding hydrogens is 258 g/mol. The lowest BCUT2D eigenvalue weighted by Gasteiger charge is -2.25. The van der Waals surface area contributed by atoms with E-state index in [0.29, 0.717) is 19.1 Å². The van der Waals surface area contributed by atoms with Crippen molar-refractivity contribution in [1.29, 1.82) is 0 Å². The van der Waals surface area contributed by atoms with E-state index in [-0.39, 0.29) is 18.5 Å². The number of hydrogen-bond donors (Lipinski definition) is 2. The molecule has 1 aliphatic carbocycles. The van der Waals surface area contributed by atoms with Crippen LogP contribution in [0.1, 0.15) is 39.5 Å². The first kappa shape index (κ1) is 16.8. The van der Waals surface area contributed by atoms with Crippen LogP contribution in [-0.4, -0.2) is 65.7 Å². The van der Waals surface area contributed by atoms with Gasteiger partial charge >= 0.3 is 12.0 Å². The molecule has 6 nitrogen and oxygen atoms in total. The zero-order valence-electron chi connectivity index (χ0n) is 12.8. The van der Waals surface area contributed by atoms with Crippen LogP contribution in [-0.2, 0) is 4.79 Å². The summed E-state index contributed by atoms with van der Waals surface area (Å²) in [6.45, 7) is 5.99. The van der Waals surface area contributed by atoms with Gasteiger partial charge in [-0.1, -0.05) is 6.92 Å². The van der Waals surface area contributed by atoms with Crippen LogP contribution < -0.4 is 5.32 Å². The summed E-state index contributed by atoms with van der Waals surface area (Å²) in [4.78, 5) is 26.5. The smallest absolute Gasteiger partial charge is 0.317 e. The van der Waals surface area contributed by atoms with Gasteiger partial charge in [-0.3, -0.25) is 4.79 Å². The van der Waals surface area contributed by atoms with Crippen LogP contribution in [0.5, 0.6) is 0 Å². The number of carboxylic acids is 1. The Labute approximate surface area is 121 Å². The van der Waals surface area contributed by atoms with E-state index in [1.54, 1.807) is 4.90 Å². The Bertz CT molecular complexity index is 332. The fourth-order valence-electron chi connectivity index (χ4n) is 2.03. The van der Waals surface area contributed by atoms with Gasteiger partial charge in [0.05, 0.1) is 6.42 Å². The van der Waals surface area contributed by atoms with Crippen molar-refractivity contribution in [2.45, 2.75) is 51.6 Å². The van der Waals surface area contributed by atoms with Gasteiger partial charge in [0, 0.05) is 31.7 Å². The van der Waals surface area contributed by atoms with E-state index in [0.717, 1.165) is 25.8 Å². The maximum atomic E-state index is 12.1. The third kappa shape index (κ3) is 5.77. The van der Waals surface area contributed by atoms with Crippen LogP contribution in [0, 0.1) is 0 Å². The summed E-state index contributed by atoms with van der Waals surface area (Å²) in [7, 11) is 2.05. The lowest BCUT2D eigenvalue weighted by Crippen LogP contribution is -2.45. The molecule has 0 heterocycles. The molecule has 6 heteroatoms. The topological polar surface area (TPSA) is 72.9 Å². The summed E-state index contributed by atoms with van der Waals surface area (Å²) >= 11 is 0. The number of nitrogens with one attached hydrogen (secondary N) is 1. The van der Waals surface area contributed by atoms with Gasteiger partial charge in [-0.2, -0.15) is 0 Å². The maximum Gasteiger partial charge on any atom is 0.317 e. The number of likely N-dealkylation sites (N-methyl/N-ethyl adjacent to an activating group) is 1. The Morgan fingerprint density at radius 3 is 2.50 bits per heavy atom. The van der Waals surface area contributed by atoms with E-state index >= 15 is 0 Å². The van der Waals surface area contributed by atoms with Crippen LogP contribution >= 0.6 is 0 Å². The molecule has 1 rings (SSSR count). The minimum atomic E-state index is -0.861. The average molecular weight is 285 g/mol. The van der Waals surface area contributed by atoms with E-state index < -0.39 is 5.97 Å². The zero-order chi connectivity index (χ0) is 15.1. The number of hydrogen-bond acceptors (Lipinski definition) is 3. The second-order valence-corrected chi connectivity index (χ2v) is 5.54. The highest BCUT2D eigenvalue weighted by atomic mass is 16.4. The number of carbonyl (C=O) groups is 2. The van der Waals surface area contributed by atoms with Crippen molar-refractivity contribution < 1.29 is 14.7 Å². The molecule has 1 unspecified atom stereocenters. The van der Waals surface area contributed by atoms with Gasteiger partial charge in [-0.05, 0) is 33.2 Å². The van der Waals surface area contributed by atoms with Crippen molar-refractivity contribution in [3.63, 3.8) is 0 Å². The largest absolute Gasteiger partial charge is 0.481 e. The molecule has 0 saturated heterocycles. The molecule has 1 atom stereocenters. The first-order valence-electron chi connectivity index (χ1n) is 7.42. The standard InChI is InChI=1S/C14H27N3O3/c1-4-11(2)16(3)10-8-15-14(20)17(12-5-6-12)9-7-13(18)19/h11-12H,4-10H2,1-3H3,(H,15,20)(H,18,19). The number of carbonyl (C=O) groups excluding carboxylic acids is 1. The molecule has 0 aromatic heterocycles. The molecule has 0 radical (unpaired) electrons. The average Bonchev–Trinajstić information content (AvgIpc) is 3.22. The van der Waals surface area contributed by atoms with Gasteiger partial charge in [0.2, 0.25) is 0 Å². The summed E-state index contributed by atoms with van der Waals surface area (Å²) in [5.41, 5.74) is 0. The Hall–Kier alpha value is -1.30. The molecule has 116 valence electrons. The maximum absolute atomic E-state index is 12.1. The highest BCUT2D eigenvalue weighted by Gasteiger charge is 2.32. The van der Waals surface area contributed by atoms with Crippen molar-refractivity contribution in [3.05, 3.63) is 0 Å². The highest BCUT2D eigenvalue weighted by molar-refractivity contribution is 5.76. The zero-order valence-corrected chi connectivity index (χ0v) is 12.8. The number of carboxylic acid groups (broad SMARTS) is 1. The number of urea groups is 1. The van der Waals surface area contributed by atoms with E-state index in [4.69, 9.17) is 5.11 Å². The predicted molar refractivity (Wildman–Crippen MR) is 77.8 cm³/mol. The highest BCUT2D eigenvalue weighted by Crippen LogP contribution is 2.26. The Balaban J connectivity index is 2.29. The molecule has 2 amide bonds. The summed E-state index contributed by atoms with van der Waals surface area (Å²) in [5.74, 6) is -0.861. The predicted octanol–water partition coefficient (Wildman–Crippen LogP) is 1.37. The third-order valence-electron chi connectivity index (χ3n) is 3.90. The van der Waals surface area contributed by atoms with Crippen molar-refractivity contribution >= 4 is 12.0 Å². The Kier molecular flexibility index (Phi) is 6.78. The Morgan fingerprint density at radius 2 is 2.00 bits per heavy atom. The molecule has 1 saturated carbocycles.